The first-order chi connectivity index (χ1) is 11.1. The van der Waals surface area contributed by atoms with E-state index in [4.69, 9.17) is 0 Å². The number of rotatable bonds is 6. The number of hydrogen-bond donors (Lipinski definition) is 2. The van der Waals surface area contributed by atoms with Gasteiger partial charge < -0.3 is 10.6 Å². The second-order valence-electron chi connectivity index (χ2n) is 5.52. The minimum absolute atomic E-state index is 0.0412. The van der Waals surface area contributed by atoms with E-state index in [2.05, 4.69) is 38.1 Å². The Hall–Kier alpha value is -1.73. The SMILES string of the molecule is C=CCNC(=O)CN1CCCC(C(=O)Nc2ccc(Br)cn2)C1. The molecule has 0 saturated carbocycles. The van der Waals surface area contributed by atoms with E-state index in [1.54, 1.807) is 18.3 Å². The molecule has 23 heavy (non-hydrogen) atoms. The molecule has 0 aromatic carbocycles. The van der Waals surface area contributed by atoms with Gasteiger partial charge in [-0.25, -0.2) is 4.98 Å². The van der Waals surface area contributed by atoms with E-state index in [9.17, 15) is 9.59 Å². The Morgan fingerprint density at radius 3 is 3.00 bits per heavy atom. The summed E-state index contributed by atoms with van der Waals surface area (Å²) in [6, 6.07) is 3.59. The lowest BCUT2D eigenvalue weighted by atomic mass is 9.97. The Morgan fingerprint density at radius 1 is 1.48 bits per heavy atom. The fourth-order valence-corrected chi connectivity index (χ4v) is 2.77. The molecule has 0 spiro atoms. The van der Waals surface area contributed by atoms with Crippen molar-refractivity contribution in [2.24, 2.45) is 5.92 Å². The molecule has 1 fully saturated rings. The highest BCUT2D eigenvalue weighted by atomic mass is 79.9. The Balaban J connectivity index is 1.84. The summed E-state index contributed by atoms with van der Waals surface area (Å²) >= 11 is 3.31. The van der Waals surface area contributed by atoms with Gasteiger partial charge in [0.1, 0.15) is 5.82 Å². The molecule has 124 valence electrons. The Bertz CT molecular complexity index is 562. The monoisotopic (exact) mass is 380 g/mol. The number of pyridine rings is 1. The van der Waals surface area contributed by atoms with Crippen LogP contribution in [0.15, 0.2) is 35.5 Å². The molecule has 1 saturated heterocycles. The van der Waals surface area contributed by atoms with Crippen molar-refractivity contribution in [3.8, 4) is 0 Å². The van der Waals surface area contributed by atoms with Crippen LogP contribution in [0.5, 0.6) is 0 Å². The summed E-state index contributed by atoms with van der Waals surface area (Å²) in [5, 5.41) is 5.59. The van der Waals surface area contributed by atoms with Crippen LogP contribution in [0.4, 0.5) is 5.82 Å². The normalized spacial score (nSPS) is 18.2. The number of nitrogens with one attached hydrogen (secondary N) is 2. The van der Waals surface area contributed by atoms with Crippen molar-refractivity contribution in [1.82, 2.24) is 15.2 Å². The molecule has 6 nitrogen and oxygen atoms in total. The van der Waals surface area contributed by atoms with Crippen LogP contribution < -0.4 is 10.6 Å². The predicted molar refractivity (Wildman–Crippen MR) is 92.9 cm³/mol. The molecule has 1 atom stereocenters. The van der Waals surface area contributed by atoms with E-state index in [1.807, 2.05) is 11.0 Å². The number of likely N-dealkylation sites (tertiary alicyclic amines) is 1. The van der Waals surface area contributed by atoms with Gasteiger partial charge >= 0.3 is 0 Å². The molecule has 1 aromatic heterocycles. The number of piperidine rings is 1. The first kappa shape index (κ1) is 17.6. The Morgan fingerprint density at radius 2 is 2.30 bits per heavy atom. The van der Waals surface area contributed by atoms with Gasteiger partial charge in [-0.3, -0.25) is 14.5 Å². The quantitative estimate of drug-likeness (QED) is 0.737. The molecule has 1 aromatic rings. The van der Waals surface area contributed by atoms with Gasteiger partial charge in [-0.05, 0) is 47.4 Å². The number of hydrogen-bond acceptors (Lipinski definition) is 4. The lowest BCUT2D eigenvalue weighted by molar-refractivity contribution is -0.125. The summed E-state index contributed by atoms with van der Waals surface area (Å²) in [7, 11) is 0. The Kier molecular flexibility index (Phi) is 6.73. The van der Waals surface area contributed by atoms with Gasteiger partial charge in [-0.2, -0.15) is 0 Å². The molecule has 2 N–H and O–H groups in total. The molecule has 2 amide bonds. The zero-order valence-corrected chi connectivity index (χ0v) is 14.5. The number of anilines is 1. The molecule has 1 aliphatic heterocycles. The van der Waals surface area contributed by atoms with Gasteiger partial charge in [0, 0.05) is 23.8 Å². The lowest BCUT2D eigenvalue weighted by Crippen LogP contribution is -2.45. The number of nitrogens with zero attached hydrogens (tertiary/aromatic N) is 2. The van der Waals surface area contributed by atoms with Gasteiger partial charge in [0.15, 0.2) is 0 Å². The maximum Gasteiger partial charge on any atom is 0.234 e. The minimum Gasteiger partial charge on any atom is -0.352 e. The third-order valence-electron chi connectivity index (χ3n) is 3.67. The summed E-state index contributed by atoms with van der Waals surface area (Å²) in [5.41, 5.74) is 0. The fraction of sp³-hybridized carbons (Fsp3) is 0.438. The smallest absolute Gasteiger partial charge is 0.234 e. The molecular weight excluding hydrogens is 360 g/mol. The van der Waals surface area contributed by atoms with Crippen molar-refractivity contribution in [3.63, 3.8) is 0 Å². The number of amides is 2. The van der Waals surface area contributed by atoms with Crippen LogP contribution in [-0.4, -0.2) is 47.9 Å². The summed E-state index contributed by atoms with van der Waals surface area (Å²) in [4.78, 5) is 30.3. The zero-order valence-electron chi connectivity index (χ0n) is 12.9. The summed E-state index contributed by atoms with van der Waals surface area (Å²) < 4.78 is 0.866. The fourth-order valence-electron chi connectivity index (χ4n) is 2.54. The van der Waals surface area contributed by atoms with E-state index in [1.165, 1.54) is 0 Å². The predicted octanol–water partition coefficient (Wildman–Crippen LogP) is 1.80. The minimum atomic E-state index is -0.124. The van der Waals surface area contributed by atoms with Crippen molar-refractivity contribution in [1.29, 1.82) is 0 Å². The average molecular weight is 381 g/mol. The van der Waals surface area contributed by atoms with E-state index in [-0.39, 0.29) is 17.7 Å². The molecular formula is C16H21BrN4O2. The molecule has 1 aliphatic rings. The van der Waals surface area contributed by atoms with Gasteiger partial charge in [0.25, 0.3) is 0 Å². The van der Waals surface area contributed by atoms with Gasteiger partial charge in [-0.15, -0.1) is 6.58 Å². The summed E-state index contributed by atoms with van der Waals surface area (Å²) in [6.45, 7) is 5.77. The van der Waals surface area contributed by atoms with E-state index in [0.717, 1.165) is 23.9 Å². The third-order valence-corrected chi connectivity index (χ3v) is 4.13. The Labute approximate surface area is 144 Å². The van der Waals surface area contributed by atoms with Crippen LogP contribution in [-0.2, 0) is 9.59 Å². The highest BCUT2D eigenvalue weighted by Gasteiger charge is 2.26. The van der Waals surface area contributed by atoms with Crippen LogP contribution >= 0.6 is 15.9 Å². The van der Waals surface area contributed by atoms with Crippen molar-refractivity contribution in [2.45, 2.75) is 12.8 Å². The molecule has 0 bridgehead atoms. The van der Waals surface area contributed by atoms with Gasteiger partial charge in [0.05, 0.1) is 12.5 Å². The highest BCUT2D eigenvalue weighted by molar-refractivity contribution is 9.10. The van der Waals surface area contributed by atoms with E-state index >= 15 is 0 Å². The van der Waals surface area contributed by atoms with Crippen molar-refractivity contribution in [3.05, 3.63) is 35.5 Å². The molecule has 1 unspecified atom stereocenters. The van der Waals surface area contributed by atoms with E-state index in [0.29, 0.717) is 25.5 Å². The van der Waals surface area contributed by atoms with Crippen molar-refractivity contribution >= 4 is 33.6 Å². The number of halogens is 1. The maximum atomic E-state index is 12.4. The molecule has 2 rings (SSSR count). The molecule has 0 aliphatic carbocycles. The summed E-state index contributed by atoms with van der Waals surface area (Å²) in [6.07, 6.45) is 5.02. The first-order valence-electron chi connectivity index (χ1n) is 7.61. The van der Waals surface area contributed by atoms with Gasteiger partial charge in [0.2, 0.25) is 11.8 Å². The van der Waals surface area contributed by atoms with Crippen LogP contribution in [0.25, 0.3) is 0 Å². The van der Waals surface area contributed by atoms with Crippen LogP contribution in [0.2, 0.25) is 0 Å². The number of carbonyl (C=O) groups is 2. The average Bonchev–Trinajstić information content (AvgIpc) is 2.55. The summed E-state index contributed by atoms with van der Waals surface area (Å²) in [5.74, 6) is 0.331. The van der Waals surface area contributed by atoms with Crippen LogP contribution in [0, 0.1) is 5.92 Å². The zero-order chi connectivity index (χ0) is 16.7. The molecule has 0 radical (unpaired) electrons. The maximum absolute atomic E-state index is 12.4. The largest absolute Gasteiger partial charge is 0.352 e. The molecule has 7 heteroatoms. The van der Waals surface area contributed by atoms with Crippen molar-refractivity contribution in [2.75, 3.05) is 31.5 Å². The van der Waals surface area contributed by atoms with Gasteiger partial charge in [-0.1, -0.05) is 6.08 Å². The standard InChI is InChI=1S/C16H21BrN4O2/c1-2-7-18-15(22)11-21-8-3-4-12(10-21)16(23)20-14-6-5-13(17)9-19-14/h2,5-6,9,12H,1,3-4,7-8,10-11H2,(H,18,22)(H,19,20,23). The van der Waals surface area contributed by atoms with Crippen molar-refractivity contribution < 1.29 is 9.59 Å². The first-order valence-corrected chi connectivity index (χ1v) is 8.40. The second kappa shape index (κ2) is 8.79. The van der Waals surface area contributed by atoms with E-state index < -0.39 is 0 Å². The van der Waals surface area contributed by atoms with Crippen LogP contribution in [0.1, 0.15) is 12.8 Å². The molecule has 2 heterocycles. The lowest BCUT2D eigenvalue weighted by Gasteiger charge is -2.31. The van der Waals surface area contributed by atoms with Crippen LogP contribution in [0.3, 0.4) is 0 Å². The number of aromatic nitrogens is 1. The topological polar surface area (TPSA) is 74.3 Å². The highest BCUT2D eigenvalue weighted by Crippen LogP contribution is 2.18. The third kappa shape index (κ3) is 5.76. The second-order valence-corrected chi connectivity index (χ2v) is 6.43. The number of carbonyl (C=O) groups excluding carboxylic acids is 2.